The van der Waals surface area contributed by atoms with Crippen LogP contribution in [0.3, 0.4) is 0 Å². The van der Waals surface area contributed by atoms with E-state index in [1.54, 1.807) is 23.5 Å². The molecular weight excluding hydrogens is 308 g/mol. The Morgan fingerprint density at radius 2 is 1.35 bits per heavy atom. The Kier molecular flexibility index (Phi) is 2.24. The van der Waals surface area contributed by atoms with Gasteiger partial charge in [0.25, 0.3) is 11.1 Å². The number of hydrogen-bond donors (Lipinski definition) is 1. The maximum absolute atomic E-state index is 12.4. The van der Waals surface area contributed by atoms with Crippen LogP contribution in [0.1, 0.15) is 0 Å². The smallest absolute Gasteiger partial charge is 0.279 e. The molecule has 5 heteroatoms. The lowest BCUT2D eigenvalue weighted by Gasteiger charge is -2.12. The van der Waals surface area contributed by atoms with Gasteiger partial charge in [-0.15, -0.1) is 11.3 Å². The van der Waals surface area contributed by atoms with Crippen molar-refractivity contribution < 1.29 is 0 Å². The molecule has 0 spiro atoms. The average Bonchev–Trinajstić information content (AvgIpc) is 2.59. The quantitative estimate of drug-likeness (QED) is 0.271. The third-order valence-electron chi connectivity index (χ3n) is 4.42. The lowest BCUT2D eigenvalue weighted by molar-refractivity contribution is 0.916. The summed E-state index contributed by atoms with van der Waals surface area (Å²) in [6.45, 7) is 0. The minimum atomic E-state index is -0.449. The van der Waals surface area contributed by atoms with E-state index >= 15 is 0 Å². The van der Waals surface area contributed by atoms with E-state index in [0.29, 0.717) is 15.4 Å². The summed E-state index contributed by atoms with van der Waals surface area (Å²) in [6, 6.07) is 15.6. The molecule has 0 aliphatic carbocycles. The Morgan fingerprint density at radius 1 is 0.696 bits per heavy atom. The van der Waals surface area contributed by atoms with Crippen LogP contribution in [0.4, 0.5) is 0 Å². The van der Waals surface area contributed by atoms with Crippen LogP contribution in [0, 0.1) is 0 Å². The van der Waals surface area contributed by atoms with Crippen LogP contribution in [0.2, 0.25) is 0 Å². The predicted molar refractivity (Wildman–Crippen MR) is 96.2 cm³/mol. The van der Waals surface area contributed by atoms with E-state index < -0.39 is 11.1 Å². The van der Waals surface area contributed by atoms with Crippen LogP contribution >= 0.6 is 11.3 Å². The van der Waals surface area contributed by atoms with Crippen LogP contribution in [0.15, 0.2) is 58.1 Å². The molecule has 23 heavy (non-hydrogen) atoms. The first-order valence-corrected chi connectivity index (χ1v) is 7.99. The Labute approximate surface area is 133 Å². The zero-order chi connectivity index (χ0) is 15.7. The second kappa shape index (κ2) is 4.08. The molecule has 0 fully saturated rings. The van der Waals surface area contributed by atoms with Crippen LogP contribution in [0.25, 0.3) is 41.7 Å². The summed E-state index contributed by atoms with van der Waals surface area (Å²) in [5.41, 5.74) is -0.898. The predicted octanol–water partition coefficient (Wildman–Crippen LogP) is 3.03. The number of pyridine rings is 1. The first-order valence-electron chi connectivity index (χ1n) is 7.17. The molecule has 2 N–H and O–H groups in total. The van der Waals surface area contributed by atoms with Crippen molar-refractivity contribution in [3.63, 3.8) is 0 Å². The van der Waals surface area contributed by atoms with E-state index in [-0.39, 0.29) is 0 Å². The topological polar surface area (TPSA) is 65.1 Å². The summed E-state index contributed by atoms with van der Waals surface area (Å²) < 4.78 is 2.94. The molecule has 110 valence electrons. The maximum Gasteiger partial charge on any atom is 0.279 e. The van der Waals surface area contributed by atoms with E-state index in [4.69, 9.17) is 5.84 Å². The molecule has 0 saturated heterocycles. The highest BCUT2D eigenvalue weighted by Crippen LogP contribution is 2.39. The fourth-order valence-electron chi connectivity index (χ4n) is 3.38. The molecule has 2 heterocycles. The summed E-state index contributed by atoms with van der Waals surface area (Å²) in [5.74, 6) is 5.64. The SMILES string of the molecule is Nn1c(=O)c2ccc3sc4ccccc4c4ccc(c1=O)c2c34. The standard InChI is InChI=1S/C18H10N2O2S/c19-20-17(21)11-6-5-10-9-3-1-2-4-13(9)23-14-8-7-12(18(20)22)15(11)16(10)14/h1-8H,19H2. The van der Waals surface area contributed by atoms with Crippen molar-refractivity contribution in [3.05, 3.63) is 69.2 Å². The summed E-state index contributed by atoms with van der Waals surface area (Å²) in [7, 11) is 0. The van der Waals surface area contributed by atoms with Crippen molar-refractivity contribution in [1.82, 2.24) is 4.68 Å². The van der Waals surface area contributed by atoms with Crippen LogP contribution < -0.4 is 17.0 Å². The number of rotatable bonds is 0. The summed E-state index contributed by atoms with van der Waals surface area (Å²) in [6.07, 6.45) is 0. The van der Waals surface area contributed by atoms with Crippen molar-refractivity contribution in [2.75, 3.05) is 5.84 Å². The van der Waals surface area contributed by atoms with Crippen LogP contribution in [-0.4, -0.2) is 4.68 Å². The Balaban J connectivity index is 2.25. The molecule has 0 bridgehead atoms. The molecule has 5 aromatic rings. The molecular formula is C18H10N2O2S. The van der Waals surface area contributed by atoms with E-state index in [1.807, 2.05) is 24.3 Å². The fourth-order valence-corrected chi connectivity index (χ4v) is 4.50. The number of hydrogen-bond acceptors (Lipinski definition) is 4. The molecule has 0 aliphatic heterocycles. The number of aromatic nitrogens is 1. The van der Waals surface area contributed by atoms with Gasteiger partial charge in [0.05, 0.1) is 10.8 Å². The molecule has 4 nitrogen and oxygen atoms in total. The fraction of sp³-hybridized carbons (Fsp3) is 0. The second-order valence-electron chi connectivity index (χ2n) is 5.60. The molecule has 2 aromatic heterocycles. The highest BCUT2D eigenvalue weighted by molar-refractivity contribution is 7.25. The first kappa shape index (κ1) is 12.6. The zero-order valence-electron chi connectivity index (χ0n) is 11.9. The number of benzene rings is 3. The Bertz CT molecular complexity index is 1330. The van der Waals surface area contributed by atoms with Gasteiger partial charge in [0.15, 0.2) is 0 Å². The normalized spacial score (nSPS) is 12.0. The Morgan fingerprint density at radius 3 is 2.13 bits per heavy atom. The van der Waals surface area contributed by atoms with Crippen LogP contribution in [0.5, 0.6) is 0 Å². The van der Waals surface area contributed by atoms with Gasteiger partial charge in [0.2, 0.25) is 0 Å². The number of fused-ring (bicyclic) bond motifs is 2. The van der Waals surface area contributed by atoms with Gasteiger partial charge in [0, 0.05) is 20.2 Å². The molecule has 5 rings (SSSR count). The molecule has 0 amide bonds. The number of nitrogens with zero attached hydrogens (tertiary/aromatic N) is 1. The number of nitrogen functional groups attached to an aromatic ring is 1. The monoisotopic (exact) mass is 318 g/mol. The average molecular weight is 318 g/mol. The van der Waals surface area contributed by atoms with Crippen molar-refractivity contribution in [2.45, 2.75) is 0 Å². The van der Waals surface area contributed by atoms with Crippen LogP contribution in [-0.2, 0) is 0 Å². The maximum atomic E-state index is 12.4. The van der Waals surface area contributed by atoms with Gasteiger partial charge in [-0.2, -0.15) is 4.68 Å². The van der Waals surface area contributed by atoms with Crippen molar-refractivity contribution in [3.8, 4) is 0 Å². The first-order chi connectivity index (χ1) is 11.2. The lowest BCUT2D eigenvalue weighted by atomic mass is 9.98. The minimum Gasteiger partial charge on any atom is -0.333 e. The summed E-state index contributed by atoms with van der Waals surface area (Å²) in [4.78, 5) is 24.7. The zero-order valence-corrected chi connectivity index (χ0v) is 12.7. The van der Waals surface area contributed by atoms with Gasteiger partial charge in [-0.05, 0) is 35.0 Å². The van der Waals surface area contributed by atoms with Gasteiger partial charge >= 0.3 is 0 Å². The third-order valence-corrected chi connectivity index (χ3v) is 5.55. The van der Waals surface area contributed by atoms with E-state index in [1.165, 1.54) is 4.70 Å². The van der Waals surface area contributed by atoms with Gasteiger partial charge in [-0.25, -0.2) is 0 Å². The van der Waals surface area contributed by atoms with Crippen molar-refractivity contribution >= 4 is 53.1 Å². The molecule has 0 aliphatic rings. The second-order valence-corrected chi connectivity index (χ2v) is 6.68. The van der Waals surface area contributed by atoms with Gasteiger partial charge < -0.3 is 5.84 Å². The molecule has 0 saturated carbocycles. The van der Waals surface area contributed by atoms with Crippen molar-refractivity contribution in [1.29, 1.82) is 0 Å². The minimum absolute atomic E-state index is 0.449. The highest BCUT2D eigenvalue weighted by atomic mass is 32.1. The van der Waals surface area contributed by atoms with Gasteiger partial charge in [-0.1, -0.05) is 24.3 Å². The van der Waals surface area contributed by atoms with Gasteiger partial charge in [-0.3, -0.25) is 9.59 Å². The molecule has 0 radical (unpaired) electrons. The van der Waals surface area contributed by atoms with E-state index in [0.717, 1.165) is 26.2 Å². The van der Waals surface area contributed by atoms with E-state index in [9.17, 15) is 9.59 Å². The lowest BCUT2D eigenvalue weighted by Crippen LogP contribution is -2.39. The molecule has 0 unspecified atom stereocenters. The molecule has 0 atom stereocenters. The number of nitrogens with two attached hydrogens (primary N) is 1. The van der Waals surface area contributed by atoms with E-state index in [2.05, 4.69) is 12.1 Å². The summed E-state index contributed by atoms with van der Waals surface area (Å²) in [5, 5.41) is 4.85. The van der Waals surface area contributed by atoms with Crippen molar-refractivity contribution in [2.24, 2.45) is 0 Å². The Hall–Kier alpha value is -2.92. The third kappa shape index (κ3) is 1.44. The largest absolute Gasteiger partial charge is 0.333 e. The van der Waals surface area contributed by atoms with Gasteiger partial charge in [0.1, 0.15) is 0 Å². The summed E-state index contributed by atoms with van der Waals surface area (Å²) >= 11 is 1.66. The molecule has 3 aromatic carbocycles. The highest BCUT2D eigenvalue weighted by Gasteiger charge is 2.16.